The fraction of sp³-hybridized carbons (Fsp3) is 0.250. The minimum Gasteiger partial charge on any atom is -0.493 e. The lowest BCUT2D eigenvalue weighted by Gasteiger charge is -2.08. The molecule has 7 nitrogen and oxygen atoms in total. The summed E-state index contributed by atoms with van der Waals surface area (Å²) in [6, 6.07) is 11.3. The summed E-state index contributed by atoms with van der Waals surface area (Å²) >= 11 is 1.18. The van der Waals surface area contributed by atoms with Crippen LogP contribution in [0.4, 0.5) is 5.69 Å². The van der Waals surface area contributed by atoms with Crippen LogP contribution in [0.2, 0.25) is 0 Å². The number of amides is 1. The third-order valence-corrected chi connectivity index (χ3v) is 4.85. The van der Waals surface area contributed by atoms with E-state index in [2.05, 4.69) is 15.5 Å². The summed E-state index contributed by atoms with van der Waals surface area (Å²) in [5, 5.41) is 11.3. The van der Waals surface area contributed by atoms with E-state index in [0.29, 0.717) is 28.2 Å². The number of benzene rings is 2. The van der Waals surface area contributed by atoms with Crippen LogP contribution < -0.4 is 14.8 Å². The zero-order valence-electron chi connectivity index (χ0n) is 16.1. The van der Waals surface area contributed by atoms with Gasteiger partial charge in [-0.15, -0.1) is 10.2 Å². The van der Waals surface area contributed by atoms with Gasteiger partial charge in [-0.25, -0.2) is 0 Å². The summed E-state index contributed by atoms with van der Waals surface area (Å²) < 4.78 is 16.2. The molecule has 0 saturated heterocycles. The average Bonchev–Trinajstić information content (AvgIpc) is 3.17. The van der Waals surface area contributed by atoms with E-state index in [4.69, 9.17) is 13.9 Å². The van der Waals surface area contributed by atoms with Gasteiger partial charge in [-0.3, -0.25) is 4.79 Å². The van der Waals surface area contributed by atoms with Gasteiger partial charge in [-0.1, -0.05) is 23.9 Å². The number of anilines is 1. The van der Waals surface area contributed by atoms with Crippen LogP contribution in [-0.2, 0) is 4.79 Å². The zero-order valence-corrected chi connectivity index (χ0v) is 16.9. The molecule has 0 radical (unpaired) electrons. The molecule has 3 aromatic rings. The lowest BCUT2D eigenvalue weighted by molar-refractivity contribution is -0.113. The number of thioether (sulfide) groups is 1. The highest BCUT2D eigenvalue weighted by Crippen LogP contribution is 2.32. The highest BCUT2D eigenvalue weighted by Gasteiger charge is 2.14. The van der Waals surface area contributed by atoms with Gasteiger partial charge >= 0.3 is 0 Å². The molecule has 0 aliphatic carbocycles. The first-order chi connectivity index (χ1) is 13.5. The fourth-order valence-corrected chi connectivity index (χ4v) is 3.10. The van der Waals surface area contributed by atoms with E-state index in [9.17, 15) is 4.79 Å². The number of aryl methyl sites for hydroxylation is 2. The van der Waals surface area contributed by atoms with Crippen molar-refractivity contribution in [3.05, 3.63) is 47.5 Å². The Bertz CT molecular complexity index is 987. The molecule has 1 heterocycles. The van der Waals surface area contributed by atoms with E-state index in [1.165, 1.54) is 11.8 Å². The van der Waals surface area contributed by atoms with Crippen molar-refractivity contribution in [2.45, 2.75) is 19.1 Å². The van der Waals surface area contributed by atoms with Gasteiger partial charge in [0.1, 0.15) is 0 Å². The molecule has 0 unspecified atom stereocenters. The number of rotatable bonds is 7. The second kappa shape index (κ2) is 8.79. The predicted octanol–water partition coefficient (Wildman–Crippen LogP) is 4.10. The molecule has 0 atom stereocenters. The standard InChI is InChI=1S/C20H21N3O4S/c1-12-5-6-13(2)15(9-12)21-18(24)11-28-20-23-22-19(27-20)14-7-8-16(25-3)17(10-14)26-4/h5-10H,11H2,1-4H3,(H,21,24). The van der Waals surface area contributed by atoms with Gasteiger partial charge in [0.25, 0.3) is 5.22 Å². The highest BCUT2D eigenvalue weighted by molar-refractivity contribution is 7.99. The third kappa shape index (κ3) is 4.64. The first-order valence-electron chi connectivity index (χ1n) is 8.56. The summed E-state index contributed by atoms with van der Waals surface area (Å²) in [4.78, 5) is 12.2. The van der Waals surface area contributed by atoms with Gasteiger partial charge < -0.3 is 19.2 Å². The molecular weight excluding hydrogens is 378 g/mol. The molecule has 146 valence electrons. The largest absolute Gasteiger partial charge is 0.493 e. The van der Waals surface area contributed by atoms with Gasteiger partial charge in [-0.05, 0) is 49.2 Å². The Balaban J connectivity index is 1.63. The Labute approximate surface area is 167 Å². The van der Waals surface area contributed by atoms with Gasteiger partial charge in [-0.2, -0.15) is 0 Å². The van der Waals surface area contributed by atoms with Gasteiger partial charge in [0.05, 0.1) is 20.0 Å². The Kier molecular flexibility index (Phi) is 6.20. The van der Waals surface area contributed by atoms with Crippen molar-refractivity contribution in [2.24, 2.45) is 0 Å². The summed E-state index contributed by atoms with van der Waals surface area (Å²) in [6.07, 6.45) is 0. The van der Waals surface area contributed by atoms with Crippen LogP contribution in [0.1, 0.15) is 11.1 Å². The monoisotopic (exact) mass is 399 g/mol. The van der Waals surface area contributed by atoms with E-state index in [0.717, 1.165) is 16.8 Å². The van der Waals surface area contributed by atoms with Crippen LogP contribution in [0.3, 0.4) is 0 Å². The molecule has 0 saturated carbocycles. The molecule has 2 aromatic carbocycles. The van der Waals surface area contributed by atoms with Crippen LogP contribution in [0.5, 0.6) is 11.5 Å². The van der Waals surface area contributed by atoms with Crippen LogP contribution in [-0.4, -0.2) is 36.1 Å². The second-order valence-corrected chi connectivity index (χ2v) is 7.02. The Morgan fingerprint density at radius 3 is 2.61 bits per heavy atom. The number of carbonyl (C=O) groups is 1. The zero-order chi connectivity index (χ0) is 20.1. The predicted molar refractivity (Wildman–Crippen MR) is 108 cm³/mol. The molecule has 0 bridgehead atoms. The highest BCUT2D eigenvalue weighted by atomic mass is 32.2. The van der Waals surface area contributed by atoms with Gasteiger partial charge in [0.2, 0.25) is 11.8 Å². The van der Waals surface area contributed by atoms with Crippen molar-refractivity contribution < 1.29 is 18.7 Å². The molecule has 0 spiro atoms. The fourth-order valence-electron chi connectivity index (χ4n) is 2.54. The summed E-state index contributed by atoms with van der Waals surface area (Å²) in [6.45, 7) is 3.94. The average molecular weight is 399 g/mol. The Hall–Kier alpha value is -3.00. The number of nitrogens with zero attached hydrogens (tertiary/aromatic N) is 2. The maximum Gasteiger partial charge on any atom is 0.277 e. The number of carbonyl (C=O) groups excluding carboxylic acids is 1. The van der Waals surface area contributed by atoms with E-state index in [-0.39, 0.29) is 11.7 Å². The molecule has 0 fully saturated rings. The van der Waals surface area contributed by atoms with E-state index < -0.39 is 0 Å². The topological polar surface area (TPSA) is 86.5 Å². The number of hydrogen-bond donors (Lipinski definition) is 1. The van der Waals surface area contributed by atoms with Crippen molar-refractivity contribution in [1.29, 1.82) is 0 Å². The third-order valence-electron chi connectivity index (χ3n) is 4.03. The van der Waals surface area contributed by atoms with Crippen LogP contribution in [0, 0.1) is 13.8 Å². The molecule has 0 aliphatic heterocycles. The first kappa shape index (κ1) is 19.8. The van der Waals surface area contributed by atoms with Crippen molar-refractivity contribution in [1.82, 2.24) is 10.2 Å². The van der Waals surface area contributed by atoms with Crippen molar-refractivity contribution >= 4 is 23.4 Å². The molecular formula is C20H21N3O4S. The van der Waals surface area contributed by atoms with Crippen LogP contribution in [0.25, 0.3) is 11.5 Å². The number of hydrogen-bond acceptors (Lipinski definition) is 7. The lowest BCUT2D eigenvalue weighted by Crippen LogP contribution is -2.14. The number of methoxy groups -OCH3 is 2. The van der Waals surface area contributed by atoms with E-state index in [1.54, 1.807) is 32.4 Å². The summed E-state index contributed by atoms with van der Waals surface area (Å²) in [5.41, 5.74) is 3.61. The molecule has 1 aromatic heterocycles. The van der Waals surface area contributed by atoms with Gasteiger partial charge in [0.15, 0.2) is 11.5 Å². The molecule has 0 aliphatic rings. The normalized spacial score (nSPS) is 10.6. The molecule has 8 heteroatoms. The maximum absolute atomic E-state index is 12.2. The summed E-state index contributed by atoms with van der Waals surface area (Å²) in [7, 11) is 3.13. The van der Waals surface area contributed by atoms with Crippen molar-refractivity contribution in [2.75, 3.05) is 25.3 Å². The number of nitrogens with one attached hydrogen (secondary N) is 1. The SMILES string of the molecule is COc1ccc(-c2nnc(SCC(=O)Nc3cc(C)ccc3C)o2)cc1OC. The second-order valence-electron chi connectivity index (χ2n) is 6.10. The summed E-state index contributed by atoms with van der Waals surface area (Å²) in [5.74, 6) is 1.56. The smallest absolute Gasteiger partial charge is 0.277 e. The van der Waals surface area contributed by atoms with Crippen molar-refractivity contribution in [3.63, 3.8) is 0 Å². The Morgan fingerprint density at radius 2 is 1.86 bits per heavy atom. The van der Waals surface area contributed by atoms with E-state index in [1.807, 2.05) is 32.0 Å². The first-order valence-corrected chi connectivity index (χ1v) is 9.54. The van der Waals surface area contributed by atoms with Crippen LogP contribution >= 0.6 is 11.8 Å². The Morgan fingerprint density at radius 1 is 1.07 bits per heavy atom. The van der Waals surface area contributed by atoms with Gasteiger partial charge in [0, 0.05) is 11.3 Å². The molecule has 1 amide bonds. The minimum absolute atomic E-state index is 0.135. The molecule has 28 heavy (non-hydrogen) atoms. The van der Waals surface area contributed by atoms with E-state index >= 15 is 0 Å². The molecule has 1 N–H and O–H groups in total. The molecule has 3 rings (SSSR count). The van der Waals surface area contributed by atoms with Crippen molar-refractivity contribution in [3.8, 4) is 23.0 Å². The van der Waals surface area contributed by atoms with Crippen LogP contribution in [0.15, 0.2) is 46.0 Å². The number of ether oxygens (including phenoxy) is 2. The maximum atomic E-state index is 12.2. The lowest BCUT2D eigenvalue weighted by atomic mass is 10.1. The number of aromatic nitrogens is 2. The minimum atomic E-state index is -0.135. The quantitative estimate of drug-likeness (QED) is 0.599.